The van der Waals surface area contributed by atoms with Gasteiger partial charge in [0.2, 0.25) is 0 Å². The molecule has 0 atom stereocenters. The third kappa shape index (κ3) is 2.18. The first-order valence-corrected chi connectivity index (χ1v) is 7.68. The maximum Gasteiger partial charge on any atom is 0.161 e. The Hall–Kier alpha value is -2.75. The summed E-state index contributed by atoms with van der Waals surface area (Å²) in [6.45, 7) is 0.804. The molecule has 0 aliphatic carbocycles. The lowest BCUT2D eigenvalue weighted by atomic mass is 9.98. The molecule has 0 saturated heterocycles. The molecule has 4 heteroatoms. The number of hydrogen-bond acceptors (Lipinski definition) is 3. The summed E-state index contributed by atoms with van der Waals surface area (Å²) in [4.78, 5) is 8.28. The number of para-hydroxylation sites is 1. The summed E-state index contributed by atoms with van der Waals surface area (Å²) < 4.78 is 10.7. The minimum atomic E-state index is 0.718. The summed E-state index contributed by atoms with van der Waals surface area (Å²) in [6.07, 6.45) is 0.968. The van der Waals surface area contributed by atoms with E-state index >= 15 is 0 Å². The van der Waals surface area contributed by atoms with Crippen molar-refractivity contribution in [2.24, 2.45) is 4.99 Å². The van der Waals surface area contributed by atoms with Crippen LogP contribution in [-0.4, -0.2) is 31.5 Å². The molecule has 1 aliphatic rings. The lowest BCUT2D eigenvalue weighted by Crippen LogP contribution is -2.13. The van der Waals surface area contributed by atoms with Crippen molar-refractivity contribution in [3.05, 3.63) is 59.3 Å². The van der Waals surface area contributed by atoms with E-state index < -0.39 is 0 Å². The normalized spacial score (nSPS) is 13.6. The van der Waals surface area contributed by atoms with Gasteiger partial charge in [0.1, 0.15) is 0 Å². The van der Waals surface area contributed by atoms with E-state index in [4.69, 9.17) is 14.5 Å². The second-order valence-electron chi connectivity index (χ2n) is 5.57. The summed E-state index contributed by atoms with van der Waals surface area (Å²) >= 11 is 0. The van der Waals surface area contributed by atoms with Crippen molar-refractivity contribution in [3.8, 4) is 11.5 Å². The molecule has 0 radical (unpaired) electrons. The number of nitrogens with one attached hydrogen (secondary N) is 1. The van der Waals surface area contributed by atoms with E-state index in [1.165, 1.54) is 10.9 Å². The fourth-order valence-corrected chi connectivity index (χ4v) is 3.24. The molecule has 2 heterocycles. The Morgan fingerprint density at radius 3 is 2.65 bits per heavy atom. The average Bonchev–Trinajstić information content (AvgIpc) is 3.00. The van der Waals surface area contributed by atoms with Crippen LogP contribution in [0.2, 0.25) is 0 Å². The zero-order chi connectivity index (χ0) is 15.8. The highest BCUT2D eigenvalue weighted by Crippen LogP contribution is 2.32. The molecule has 2 aromatic carbocycles. The van der Waals surface area contributed by atoms with Crippen LogP contribution in [0, 0.1) is 0 Å². The van der Waals surface area contributed by atoms with Crippen molar-refractivity contribution in [3.63, 3.8) is 0 Å². The number of aliphatic imine (C=N–C) groups is 1. The van der Waals surface area contributed by atoms with Gasteiger partial charge in [-0.25, -0.2) is 0 Å². The third-order valence-electron chi connectivity index (χ3n) is 4.34. The van der Waals surface area contributed by atoms with Crippen LogP contribution >= 0.6 is 0 Å². The van der Waals surface area contributed by atoms with Crippen LogP contribution in [0.4, 0.5) is 0 Å². The molecule has 4 nitrogen and oxygen atoms in total. The number of aromatic nitrogens is 1. The van der Waals surface area contributed by atoms with Crippen LogP contribution in [0.1, 0.15) is 16.8 Å². The van der Waals surface area contributed by atoms with Gasteiger partial charge in [-0.1, -0.05) is 18.2 Å². The molecule has 23 heavy (non-hydrogen) atoms. The number of methoxy groups -OCH3 is 2. The first kappa shape index (κ1) is 13.9. The van der Waals surface area contributed by atoms with Gasteiger partial charge in [0.05, 0.1) is 25.6 Å². The highest BCUT2D eigenvalue weighted by Gasteiger charge is 2.21. The maximum absolute atomic E-state index is 5.42. The van der Waals surface area contributed by atoms with Gasteiger partial charge in [-0.15, -0.1) is 0 Å². The lowest BCUT2D eigenvalue weighted by Gasteiger charge is -2.15. The minimum Gasteiger partial charge on any atom is -0.493 e. The molecule has 0 unspecified atom stereocenters. The van der Waals surface area contributed by atoms with E-state index in [2.05, 4.69) is 29.2 Å². The van der Waals surface area contributed by atoms with E-state index in [1.807, 2.05) is 18.2 Å². The predicted octanol–water partition coefficient (Wildman–Crippen LogP) is 3.58. The van der Waals surface area contributed by atoms with Crippen LogP contribution < -0.4 is 9.47 Å². The molecule has 0 spiro atoms. The topological polar surface area (TPSA) is 46.6 Å². The van der Waals surface area contributed by atoms with Crippen LogP contribution in [0.3, 0.4) is 0 Å². The van der Waals surface area contributed by atoms with E-state index in [0.717, 1.165) is 47.0 Å². The van der Waals surface area contributed by atoms with Crippen molar-refractivity contribution >= 4 is 16.6 Å². The number of rotatable bonds is 3. The van der Waals surface area contributed by atoms with Gasteiger partial charge >= 0.3 is 0 Å². The van der Waals surface area contributed by atoms with Crippen LogP contribution in [0.15, 0.2) is 47.5 Å². The number of nitrogens with zero attached hydrogens (tertiary/aromatic N) is 1. The third-order valence-corrected chi connectivity index (χ3v) is 4.34. The molecule has 0 amide bonds. The standard InChI is InChI=1S/C19H18N2O2/c1-22-16-8-7-12(11-17(16)23-2)18-19-14(9-10-20-18)13-5-3-4-6-15(13)21-19/h3-8,11,21H,9-10H2,1-2H3. The number of benzene rings is 2. The van der Waals surface area contributed by atoms with E-state index in [0.29, 0.717) is 0 Å². The molecule has 0 saturated carbocycles. The van der Waals surface area contributed by atoms with Crippen molar-refractivity contribution in [2.45, 2.75) is 6.42 Å². The highest BCUT2D eigenvalue weighted by atomic mass is 16.5. The Bertz CT molecular complexity index is 909. The Morgan fingerprint density at radius 2 is 1.83 bits per heavy atom. The van der Waals surface area contributed by atoms with Crippen LogP contribution in [0.5, 0.6) is 11.5 Å². The summed E-state index contributed by atoms with van der Waals surface area (Å²) in [6, 6.07) is 14.4. The zero-order valence-electron chi connectivity index (χ0n) is 13.2. The fraction of sp³-hybridized carbons (Fsp3) is 0.211. The molecule has 0 bridgehead atoms. The predicted molar refractivity (Wildman–Crippen MR) is 92.1 cm³/mol. The van der Waals surface area contributed by atoms with E-state index in [1.54, 1.807) is 14.2 Å². The van der Waals surface area contributed by atoms with Gasteiger partial charge < -0.3 is 14.5 Å². The molecule has 1 aromatic heterocycles. The van der Waals surface area contributed by atoms with Crippen LogP contribution in [-0.2, 0) is 6.42 Å². The summed E-state index contributed by atoms with van der Waals surface area (Å²) in [5, 5.41) is 1.29. The Balaban J connectivity index is 1.87. The highest BCUT2D eigenvalue weighted by molar-refractivity contribution is 6.16. The van der Waals surface area contributed by atoms with Gasteiger partial charge in [-0.3, -0.25) is 4.99 Å². The Kier molecular flexibility index (Phi) is 3.30. The fourth-order valence-electron chi connectivity index (χ4n) is 3.24. The molecule has 4 rings (SSSR count). The second-order valence-corrected chi connectivity index (χ2v) is 5.57. The molecule has 1 aliphatic heterocycles. The Morgan fingerprint density at radius 1 is 1.00 bits per heavy atom. The SMILES string of the molecule is COc1ccc(C2=NCCc3c2[nH]c2ccccc32)cc1OC. The van der Waals surface area contributed by atoms with Crippen molar-refractivity contribution in [1.29, 1.82) is 0 Å². The number of aromatic amines is 1. The first-order chi connectivity index (χ1) is 11.3. The van der Waals surface area contributed by atoms with Gasteiger partial charge in [0.25, 0.3) is 0 Å². The average molecular weight is 306 g/mol. The first-order valence-electron chi connectivity index (χ1n) is 7.68. The monoisotopic (exact) mass is 306 g/mol. The number of ether oxygens (including phenoxy) is 2. The molecular weight excluding hydrogens is 288 g/mol. The summed E-state index contributed by atoms with van der Waals surface area (Å²) in [5.74, 6) is 1.44. The maximum atomic E-state index is 5.42. The smallest absolute Gasteiger partial charge is 0.161 e. The van der Waals surface area contributed by atoms with Crippen molar-refractivity contribution in [2.75, 3.05) is 20.8 Å². The van der Waals surface area contributed by atoms with Gasteiger partial charge in [-0.05, 0) is 36.2 Å². The van der Waals surface area contributed by atoms with Gasteiger partial charge in [0, 0.05) is 23.0 Å². The quantitative estimate of drug-likeness (QED) is 0.804. The summed E-state index contributed by atoms with van der Waals surface area (Å²) in [7, 11) is 3.30. The number of H-pyrrole nitrogens is 1. The number of fused-ring (bicyclic) bond motifs is 3. The Labute approximate surface area is 134 Å². The molecule has 0 fully saturated rings. The minimum absolute atomic E-state index is 0.718. The van der Waals surface area contributed by atoms with Crippen LogP contribution in [0.25, 0.3) is 10.9 Å². The molecule has 3 aromatic rings. The van der Waals surface area contributed by atoms with E-state index in [-0.39, 0.29) is 0 Å². The van der Waals surface area contributed by atoms with E-state index in [9.17, 15) is 0 Å². The summed E-state index contributed by atoms with van der Waals surface area (Å²) in [5.41, 5.74) is 5.65. The molecular formula is C19H18N2O2. The number of hydrogen-bond donors (Lipinski definition) is 1. The lowest BCUT2D eigenvalue weighted by molar-refractivity contribution is 0.355. The molecule has 1 N–H and O–H groups in total. The van der Waals surface area contributed by atoms with Crippen molar-refractivity contribution < 1.29 is 9.47 Å². The van der Waals surface area contributed by atoms with Gasteiger partial charge in [-0.2, -0.15) is 0 Å². The molecule has 116 valence electrons. The van der Waals surface area contributed by atoms with Gasteiger partial charge in [0.15, 0.2) is 11.5 Å². The largest absolute Gasteiger partial charge is 0.493 e. The van der Waals surface area contributed by atoms with Crippen molar-refractivity contribution in [1.82, 2.24) is 4.98 Å². The zero-order valence-corrected chi connectivity index (χ0v) is 13.2. The second kappa shape index (κ2) is 5.47.